The van der Waals surface area contributed by atoms with Gasteiger partial charge in [-0.05, 0) is 32.0 Å². The van der Waals surface area contributed by atoms with Crippen LogP contribution in [0.15, 0.2) is 40.3 Å². The Balaban J connectivity index is 2.36. The van der Waals surface area contributed by atoms with E-state index in [2.05, 4.69) is 4.98 Å². The van der Waals surface area contributed by atoms with Crippen LogP contribution in [0, 0.1) is 0 Å². The van der Waals surface area contributed by atoms with Crippen LogP contribution in [0.1, 0.15) is 13.8 Å². The summed E-state index contributed by atoms with van der Waals surface area (Å²) in [4.78, 5) is 30.1. The van der Waals surface area contributed by atoms with Crippen molar-refractivity contribution < 1.29 is 9.90 Å². The summed E-state index contributed by atoms with van der Waals surface area (Å²) < 4.78 is 1.33. The molecule has 1 N–H and O–H groups in total. The highest BCUT2D eigenvalue weighted by atomic mass is 35.5. The average molecular weight is 368 g/mol. The molecule has 0 atom stereocenters. The smallest absolute Gasteiger partial charge is 0.262 e. The zero-order chi connectivity index (χ0) is 17.7. The lowest BCUT2D eigenvalue weighted by atomic mass is 10.3. The number of carbonyl (C=O) groups excluding carboxylic acids is 1. The van der Waals surface area contributed by atoms with Crippen LogP contribution in [0.2, 0.25) is 5.02 Å². The van der Waals surface area contributed by atoms with E-state index < -0.39 is 5.56 Å². The van der Waals surface area contributed by atoms with Crippen molar-refractivity contribution in [2.24, 2.45) is 0 Å². The number of halogens is 1. The van der Waals surface area contributed by atoms with Crippen LogP contribution in [0.5, 0.6) is 5.88 Å². The van der Waals surface area contributed by atoms with E-state index in [-0.39, 0.29) is 22.7 Å². The molecule has 0 saturated carbocycles. The van der Waals surface area contributed by atoms with Gasteiger partial charge in [0.25, 0.3) is 5.56 Å². The topological polar surface area (TPSA) is 75.4 Å². The Kier molecular flexibility index (Phi) is 6.28. The number of nitrogens with zero attached hydrogens (tertiary/aromatic N) is 3. The summed E-state index contributed by atoms with van der Waals surface area (Å²) in [6.45, 7) is 5.04. The Labute approximate surface area is 149 Å². The molecule has 0 bridgehead atoms. The van der Waals surface area contributed by atoms with E-state index in [1.54, 1.807) is 29.2 Å². The summed E-state index contributed by atoms with van der Waals surface area (Å²) in [6, 6.07) is 7.77. The fourth-order valence-corrected chi connectivity index (χ4v) is 3.30. The van der Waals surface area contributed by atoms with Crippen molar-refractivity contribution in [2.45, 2.75) is 19.0 Å². The highest BCUT2D eigenvalue weighted by Crippen LogP contribution is 2.22. The second-order valence-electron chi connectivity index (χ2n) is 4.91. The molecule has 2 aromatic rings. The summed E-state index contributed by atoms with van der Waals surface area (Å²) in [7, 11) is 0. The number of thioether (sulfide) groups is 1. The van der Waals surface area contributed by atoms with Crippen molar-refractivity contribution in [1.82, 2.24) is 14.5 Å². The minimum Gasteiger partial charge on any atom is -0.493 e. The molecule has 6 nitrogen and oxygen atoms in total. The van der Waals surface area contributed by atoms with E-state index in [0.29, 0.717) is 23.8 Å². The molecule has 1 amide bonds. The van der Waals surface area contributed by atoms with Gasteiger partial charge in [0, 0.05) is 18.1 Å². The molecule has 8 heteroatoms. The highest BCUT2D eigenvalue weighted by Gasteiger charge is 2.15. The summed E-state index contributed by atoms with van der Waals surface area (Å²) in [5, 5.41) is 10.3. The number of hydrogen-bond acceptors (Lipinski definition) is 5. The number of aromatic nitrogens is 2. The van der Waals surface area contributed by atoms with E-state index in [1.165, 1.54) is 4.57 Å². The van der Waals surface area contributed by atoms with Gasteiger partial charge in [-0.2, -0.15) is 4.98 Å². The van der Waals surface area contributed by atoms with Gasteiger partial charge in [-0.25, -0.2) is 0 Å². The molecule has 1 aromatic carbocycles. The third kappa shape index (κ3) is 4.30. The molecule has 0 aliphatic heterocycles. The Hall–Kier alpha value is -1.99. The highest BCUT2D eigenvalue weighted by molar-refractivity contribution is 7.99. The fraction of sp³-hybridized carbons (Fsp3) is 0.312. The maximum atomic E-state index is 12.3. The molecule has 0 saturated heterocycles. The van der Waals surface area contributed by atoms with E-state index in [4.69, 9.17) is 11.6 Å². The standard InChI is InChI=1S/C16H18ClN3O3S/c1-3-19(4-2)15(23)10-24-16-18-13(21)9-14(22)20(16)12-7-5-6-11(17)8-12/h5-9,21H,3-4,10H2,1-2H3. The molecule has 0 unspecified atom stereocenters. The second-order valence-corrected chi connectivity index (χ2v) is 6.28. The molecule has 2 rings (SSSR count). The molecule has 0 radical (unpaired) electrons. The average Bonchev–Trinajstić information content (AvgIpc) is 2.53. The molecule has 0 aliphatic rings. The Morgan fingerprint density at radius 3 is 2.67 bits per heavy atom. The first-order valence-corrected chi connectivity index (χ1v) is 8.82. The minimum absolute atomic E-state index is 0.0553. The van der Waals surface area contributed by atoms with Crippen LogP contribution in [0.3, 0.4) is 0 Å². The first kappa shape index (κ1) is 18.4. The zero-order valence-corrected chi connectivity index (χ0v) is 15.0. The van der Waals surface area contributed by atoms with Gasteiger partial charge in [0.1, 0.15) is 0 Å². The van der Waals surface area contributed by atoms with Crippen molar-refractivity contribution >= 4 is 29.3 Å². The summed E-state index contributed by atoms with van der Waals surface area (Å²) in [5.41, 5.74) is 0.0837. The first-order chi connectivity index (χ1) is 11.5. The van der Waals surface area contributed by atoms with Gasteiger partial charge in [-0.15, -0.1) is 0 Å². The normalized spacial score (nSPS) is 10.6. The third-order valence-electron chi connectivity index (χ3n) is 3.38. The molecule has 1 heterocycles. The van der Waals surface area contributed by atoms with Crippen LogP contribution in [0.4, 0.5) is 0 Å². The summed E-state index contributed by atoms with van der Waals surface area (Å²) in [6.07, 6.45) is 0. The number of amides is 1. The largest absolute Gasteiger partial charge is 0.493 e. The molecule has 1 aromatic heterocycles. The minimum atomic E-state index is -0.442. The quantitative estimate of drug-likeness (QED) is 0.627. The number of aromatic hydroxyl groups is 1. The zero-order valence-electron chi connectivity index (χ0n) is 13.4. The first-order valence-electron chi connectivity index (χ1n) is 7.45. The van der Waals surface area contributed by atoms with Gasteiger partial charge < -0.3 is 10.0 Å². The second kappa shape index (κ2) is 8.21. The SMILES string of the molecule is CCN(CC)C(=O)CSc1nc(O)cc(=O)n1-c1cccc(Cl)c1. The van der Waals surface area contributed by atoms with Crippen molar-refractivity contribution in [3.63, 3.8) is 0 Å². The predicted octanol–water partition coefficient (Wildman–Crippen LogP) is 2.55. The van der Waals surface area contributed by atoms with E-state index in [1.807, 2.05) is 13.8 Å². The Morgan fingerprint density at radius 1 is 1.33 bits per heavy atom. The Bertz CT molecular complexity index is 790. The molecule has 128 valence electrons. The lowest BCUT2D eigenvalue weighted by molar-refractivity contribution is -0.127. The van der Waals surface area contributed by atoms with Crippen molar-refractivity contribution in [1.29, 1.82) is 0 Å². The fourth-order valence-electron chi connectivity index (χ4n) is 2.19. The van der Waals surface area contributed by atoms with Crippen LogP contribution < -0.4 is 5.56 Å². The lowest BCUT2D eigenvalue weighted by Gasteiger charge is -2.18. The molecule has 0 spiro atoms. The van der Waals surface area contributed by atoms with E-state index >= 15 is 0 Å². The summed E-state index contributed by atoms with van der Waals surface area (Å²) in [5.74, 6) is -0.311. The van der Waals surface area contributed by atoms with Crippen LogP contribution in [0.25, 0.3) is 5.69 Å². The van der Waals surface area contributed by atoms with Gasteiger partial charge in [0.15, 0.2) is 5.16 Å². The predicted molar refractivity (Wildman–Crippen MR) is 95.2 cm³/mol. The third-order valence-corrected chi connectivity index (χ3v) is 4.54. The van der Waals surface area contributed by atoms with Gasteiger partial charge in [0.05, 0.1) is 17.5 Å². The number of hydrogen-bond donors (Lipinski definition) is 1. The molecule has 0 aliphatic carbocycles. The van der Waals surface area contributed by atoms with Gasteiger partial charge in [-0.1, -0.05) is 29.4 Å². The number of benzene rings is 1. The summed E-state index contributed by atoms with van der Waals surface area (Å²) >= 11 is 7.09. The van der Waals surface area contributed by atoms with Crippen molar-refractivity contribution in [2.75, 3.05) is 18.8 Å². The molecule has 24 heavy (non-hydrogen) atoms. The maximum absolute atomic E-state index is 12.3. The van der Waals surface area contributed by atoms with Crippen molar-refractivity contribution in [3.05, 3.63) is 45.7 Å². The number of carbonyl (C=O) groups is 1. The van der Waals surface area contributed by atoms with Crippen LogP contribution >= 0.6 is 23.4 Å². The van der Waals surface area contributed by atoms with E-state index in [9.17, 15) is 14.7 Å². The lowest BCUT2D eigenvalue weighted by Crippen LogP contribution is -2.32. The van der Waals surface area contributed by atoms with Gasteiger partial charge in [0.2, 0.25) is 11.8 Å². The Morgan fingerprint density at radius 2 is 2.04 bits per heavy atom. The number of rotatable bonds is 6. The van der Waals surface area contributed by atoms with Crippen LogP contribution in [-0.4, -0.2) is 44.3 Å². The molecular formula is C16H18ClN3O3S. The van der Waals surface area contributed by atoms with E-state index in [0.717, 1.165) is 17.8 Å². The van der Waals surface area contributed by atoms with Crippen molar-refractivity contribution in [3.8, 4) is 11.6 Å². The molecular weight excluding hydrogens is 350 g/mol. The monoisotopic (exact) mass is 367 g/mol. The maximum Gasteiger partial charge on any atom is 0.262 e. The van der Waals surface area contributed by atoms with Crippen LogP contribution in [-0.2, 0) is 4.79 Å². The van der Waals surface area contributed by atoms with Gasteiger partial charge >= 0.3 is 0 Å². The molecule has 0 fully saturated rings. The van der Waals surface area contributed by atoms with Gasteiger partial charge in [-0.3, -0.25) is 14.2 Å².